The number of halogens is 1. The third-order valence-electron chi connectivity index (χ3n) is 7.08. The lowest BCUT2D eigenvalue weighted by Crippen LogP contribution is -2.52. The number of rotatable bonds is 14. The van der Waals surface area contributed by atoms with Gasteiger partial charge in [-0.05, 0) is 72.5 Å². The molecule has 0 unspecified atom stereocenters. The van der Waals surface area contributed by atoms with Crippen LogP contribution in [0.1, 0.15) is 32.8 Å². The number of ether oxygens (including phenoxy) is 1. The van der Waals surface area contributed by atoms with Crippen LogP contribution in [0.3, 0.4) is 0 Å². The Hall–Kier alpha value is -4.34. The standard InChI is InChI=1S/C35H38ClN3O5S/c1-4-33(35(41)37-23-26(2)3)38(24-27-13-11-12-18-32(27)36)34(40)25-39(45(42,43)31-16-9-6-10-17-31)28-19-21-30(22-20-28)44-29-14-7-5-8-15-29/h5-22,26,33H,4,23-25H2,1-3H3,(H,37,41)/t33-/m1/s1. The quantitative estimate of drug-likeness (QED) is 0.161. The molecule has 1 N–H and O–H groups in total. The molecule has 0 bridgehead atoms. The minimum Gasteiger partial charge on any atom is -0.457 e. The number of amides is 2. The molecule has 0 saturated heterocycles. The monoisotopic (exact) mass is 647 g/mol. The van der Waals surface area contributed by atoms with E-state index in [0.717, 1.165) is 4.31 Å². The molecule has 0 saturated carbocycles. The number of benzene rings is 4. The Morgan fingerprint density at radius 2 is 1.40 bits per heavy atom. The van der Waals surface area contributed by atoms with Gasteiger partial charge in [-0.1, -0.05) is 87.0 Å². The second kappa shape index (κ2) is 15.6. The summed E-state index contributed by atoms with van der Waals surface area (Å²) in [7, 11) is -4.19. The minimum absolute atomic E-state index is 0.0230. The second-order valence-corrected chi connectivity index (χ2v) is 13.2. The fourth-order valence-electron chi connectivity index (χ4n) is 4.71. The smallest absolute Gasteiger partial charge is 0.264 e. The van der Waals surface area contributed by atoms with E-state index in [4.69, 9.17) is 16.3 Å². The Morgan fingerprint density at radius 1 is 0.822 bits per heavy atom. The molecule has 4 aromatic carbocycles. The third-order valence-corrected chi connectivity index (χ3v) is 9.24. The molecule has 236 valence electrons. The first-order valence-electron chi connectivity index (χ1n) is 14.8. The average molecular weight is 648 g/mol. The normalized spacial score (nSPS) is 11.9. The maximum Gasteiger partial charge on any atom is 0.264 e. The molecular formula is C35H38ClN3O5S. The van der Waals surface area contributed by atoms with Crippen LogP contribution in [0.4, 0.5) is 5.69 Å². The van der Waals surface area contributed by atoms with Gasteiger partial charge < -0.3 is 15.0 Å². The summed E-state index contributed by atoms with van der Waals surface area (Å²) in [4.78, 5) is 29.1. The molecule has 0 radical (unpaired) electrons. The predicted molar refractivity (Wildman–Crippen MR) is 178 cm³/mol. The van der Waals surface area contributed by atoms with Gasteiger partial charge in [-0.15, -0.1) is 0 Å². The van der Waals surface area contributed by atoms with Gasteiger partial charge in [0.2, 0.25) is 11.8 Å². The Kier molecular flexibility index (Phi) is 11.6. The number of nitrogens with one attached hydrogen (secondary N) is 1. The molecule has 8 nitrogen and oxygen atoms in total. The summed E-state index contributed by atoms with van der Waals surface area (Å²) in [6.07, 6.45) is 0.317. The first-order chi connectivity index (χ1) is 21.6. The number of hydrogen-bond donors (Lipinski definition) is 1. The van der Waals surface area contributed by atoms with E-state index < -0.39 is 28.5 Å². The summed E-state index contributed by atoms with van der Waals surface area (Å²) in [5.74, 6) is 0.476. The molecule has 4 aromatic rings. The summed E-state index contributed by atoms with van der Waals surface area (Å²) in [5.41, 5.74) is 0.908. The van der Waals surface area contributed by atoms with Crippen LogP contribution in [0.2, 0.25) is 5.02 Å². The van der Waals surface area contributed by atoms with E-state index in [9.17, 15) is 18.0 Å². The van der Waals surface area contributed by atoms with E-state index in [1.807, 2.05) is 51.1 Å². The summed E-state index contributed by atoms with van der Waals surface area (Å²) in [5, 5.41) is 3.36. The Labute approximate surface area is 270 Å². The second-order valence-electron chi connectivity index (χ2n) is 10.9. The molecule has 4 rings (SSSR count). The van der Waals surface area contributed by atoms with Gasteiger partial charge in [-0.2, -0.15) is 0 Å². The van der Waals surface area contributed by atoms with Gasteiger partial charge in [0.25, 0.3) is 10.0 Å². The van der Waals surface area contributed by atoms with Crippen LogP contribution in [0.15, 0.2) is 114 Å². The van der Waals surface area contributed by atoms with Gasteiger partial charge in [-0.25, -0.2) is 8.42 Å². The van der Waals surface area contributed by atoms with Crippen molar-refractivity contribution in [3.05, 3.63) is 120 Å². The maximum atomic E-state index is 14.2. The van der Waals surface area contributed by atoms with Gasteiger partial charge in [-0.3, -0.25) is 13.9 Å². The van der Waals surface area contributed by atoms with Gasteiger partial charge in [0.05, 0.1) is 10.6 Å². The lowest BCUT2D eigenvalue weighted by molar-refractivity contribution is -0.140. The van der Waals surface area contributed by atoms with Crippen molar-refractivity contribution in [3.63, 3.8) is 0 Å². The fourth-order valence-corrected chi connectivity index (χ4v) is 6.34. The highest BCUT2D eigenvalue weighted by Crippen LogP contribution is 2.29. The molecule has 0 aliphatic carbocycles. The molecule has 10 heteroatoms. The van der Waals surface area contributed by atoms with Crippen molar-refractivity contribution in [3.8, 4) is 11.5 Å². The fraction of sp³-hybridized carbons (Fsp3) is 0.257. The molecular weight excluding hydrogens is 610 g/mol. The molecule has 0 aromatic heterocycles. The minimum atomic E-state index is -4.19. The SMILES string of the molecule is CC[C@H](C(=O)NCC(C)C)N(Cc1ccccc1Cl)C(=O)CN(c1ccc(Oc2ccccc2)cc1)S(=O)(=O)c1ccccc1. The predicted octanol–water partition coefficient (Wildman–Crippen LogP) is 6.91. The van der Waals surface area contributed by atoms with E-state index in [0.29, 0.717) is 35.1 Å². The highest BCUT2D eigenvalue weighted by molar-refractivity contribution is 7.92. The number of anilines is 1. The Morgan fingerprint density at radius 3 is 2.00 bits per heavy atom. The largest absolute Gasteiger partial charge is 0.457 e. The van der Waals surface area contributed by atoms with Crippen LogP contribution in [0.5, 0.6) is 11.5 Å². The zero-order valence-corrected chi connectivity index (χ0v) is 27.2. The van der Waals surface area contributed by atoms with Crippen molar-refractivity contribution >= 4 is 39.1 Å². The van der Waals surface area contributed by atoms with Crippen molar-refractivity contribution in [2.75, 3.05) is 17.4 Å². The van der Waals surface area contributed by atoms with Crippen LogP contribution in [0, 0.1) is 5.92 Å². The van der Waals surface area contributed by atoms with E-state index in [1.165, 1.54) is 17.0 Å². The first kappa shape index (κ1) is 33.6. The third kappa shape index (κ3) is 8.86. The van der Waals surface area contributed by atoms with Crippen LogP contribution < -0.4 is 14.4 Å². The van der Waals surface area contributed by atoms with Crippen molar-refractivity contribution < 1.29 is 22.7 Å². The topological polar surface area (TPSA) is 96.0 Å². The van der Waals surface area contributed by atoms with Crippen molar-refractivity contribution in [2.24, 2.45) is 5.92 Å². The summed E-state index contributed by atoms with van der Waals surface area (Å²) >= 11 is 6.47. The Balaban J connectivity index is 1.71. The highest BCUT2D eigenvalue weighted by Gasteiger charge is 2.34. The first-order valence-corrected chi connectivity index (χ1v) is 16.6. The summed E-state index contributed by atoms with van der Waals surface area (Å²) in [6, 6.07) is 29.9. The van der Waals surface area contributed by atoms with E-state index in [2.05, 4.69) is 5.32 Å². The van der Waals surface area contributed by atoms with Crippen LogP contribution in [-0.4, -0.2) is 44.3 Å². The van der Waals surface area contributed by atoms with Gasteiger partial charge in [0.1, 0.15) is 24.1 Å². The number of carbonyl (C=O) groups is 2. The average Bonchev–Trinajstić information content (AvgIpc) is 3.04. The van der Waals surface area contributed by atoms with Gasteiger partial charge >= 0.3 is 0 Å². The number of nitrogens with zero attached hydrogens (tertiary/aromatic N) is 2. The van der Waals surface area contributed by atoms with Crippen LogP contribution in [-0.2, 0) is 26.2 Å². The molecule has 0 fully saturated rings. The number of sulfonamides is 1. The molecule has 1 atom stereocenters. The van der Waals surface area contributed by atoms with Gasteiger partial charge in [0, 0.05) is 18.1 Å². The molecule has 0 heterocycles. The van der Waals surface area contributed by atoms with Crippen LogP contribution in [0.25, 0.3) is 0 Å². The summed E-state index contributed by atoms with van der Waals surface area (Å²) in [6.45, 7) is 5.70. The van der Waals surface area contributed by atoms with Crippen molar-refractivity contribution in [1.29, 1.82) is 0 Å². The molecule has 0 aliphatic heterocycles. The molecule has 2 amide bonds. The van der Waals surface area contributed by atoms with Crippen molar-refractivity contribution in [2.45, 2.75) is 44.7 Å². The van der Waals surface area contributed by atoms with Crippen LogP contribution >= 0.6 is 11.6 Å². The zero-order valence-electron chi connectivity index (χ0n) is 25.6. The van der Waals surface area contributed by atoms with Gasteiger partial charge in [0.15, 0.2) is 0 Å². The van der Waals surface area contributed by atoms with E-state index in [1.54, 1.807) is 66.7 Å². The number of hydrogen-bond acceptors (Lipinski definition) is 5. The molecule has 45 heavy (non-hydrogen) atoms. The van der Waals surface area contributed by atoms with E-state index in [-0.39, 0.29) is 29.0 Å². The zero-order chi connectivity index (χ0) is 32.4. The highest BCUT2D eigenvalue weighted by atomic mass is 35.5. The summed E-state index contributed by atoms with van der Waals surface area (Å²) < 4.78 is 35.1. The lowest BCUT2D eigenvalue weighted by Gasteiger charge is -2.33. The molecule has 0 spiro atoms. The number of carbonyl (C=O) groups excluding carboxylic acids is 2. The maximum absolute atomic E-state index is 14.2. The lowest BCUT2D eigenvalue weighted by atomic mass is 10.1. The number of para-hydroxylation sites is 1. The molecule has 0 aliphatic rings. The van der Waals surface area contributed by atoms with E-state index >= 15 is 0 Å². The van der Waals surface area contributed by atoms with Crippen molar-refractivity contribution in [1.82, 2.24) is 10.2 Å². The Bertz CT molecular complexity index is 1670.